The van der Waals surface area contributed by atoms with Crippen LogP contribution in [0.1, 0.15) is 12.5 Å². The van der Waals surface area contributed by atoms with Crippen molar-refractivity contribution in [3.05, 3.63) is 42.0 Å². The van der Waals surface area contributed by atoms with Crippen LogP contribution in [0.2, 0.25) is 0 Å². The summed E-state index contributed by atoms with van der Waals surface area (Å²) in [6.45, 7) is 2.34. The second-order valence-corrected chi connectivity index (χ2v) is 2.96. The van der Waals surface area contributed by atoms with Gasteiger partial charge in [-0.15, -0.1) is 0 Å². The second-order valence-electron chi connectivity index (χ2n) is 2.96. The van der Waals surface area contributed by atoms with E-state index in [0.29, 0.717) is 6.54 Å². The zero-order valence-corrected chi connectivity index (χ0v) is 8.16. The van der Waals surface area contributed by atoms with Crippen molar-refractivity contribution in [1.29, 1.82) is 0 Å². The molecule has 0 unspecified atom stereocenters. The Kier molecular flexibility index (Phi) is 3.73. The van der Waals surface area contributed by atoms with E-state index in [4.69, 9.17) is 5.73 Å². The highest BCUT2D eigenvalue weighted by Gasteiger charge is 1.95. The van der Waals surface area contributed by atoms with E-state index in [1.807, 2.05) is 31.2 Å². The number of anilines is 1. The molecule has 0 radical (unpaired) electrons. The van der Waals surface area contributed by atoms with E-state index in [9.17, 15) is 4.79 Å². The first-order chi connectivity index (χ1) is 6.72. The number of hydrogen-bond acceptors (Lipinski definition) is 2. The summed E-state index contributed by atoms with van der Waals surface area (Å²) in [5, 5.41) is 2.75. The van der Waals surface area contributed by atoms with E-state index in [1.54, 1.807) is 6.08 Å². The summed E-state index contributed by atoms with van der Waals surface area (Å²) in [7, 11) is 0. The summed E-state index contributed by atoms with van der Waals surface area (Å²) in [6, 6.07) is 7.42. The molecule has 0 heterocycles. The Morgan fingerprint density at radius 2 is 2.07 bits per heavy atom. The third kappa shape index (κ3) is 3.31. The van der Waals surface area contributed by atoms with Crippen LogP contribution in [0.4, 0.5) is 5.69 Å². The van der Waals surface area contributed by atoms with Crippen molar-refractivity contribution in [1.82, 2.24) is 5.32 Å². The lowest BCUT2D eigenvalue weighted by Gasteiger charge is -2.02. The SMILES string of the molecule is C/C=C/C(=O)NCc1ccc(N)cc1. The topological polar surface area (TPSA) is 55.1 Å². The van der Waals surface area contributed by atoms with E-state index in [2.05, 4.69) is 5.32 Å². The van der Waals surface area contributed by atoms with E-state index in [1.165, 1.54) is 6.08 Å². The second kappa shape index (κ2) is 5.07. The molecule has 3 heteroatoms. The van der Waals surface area contributed by atoms with Gasteiger partial charge in [0, 0.05) is 12.2 Å². The number of amides is 1. The number of allylic oxidation sites excluding steroid dienone is 1. The summed E-state index contributed by atoms with van der Waals surface area (Å²) in [6.07, 6.45) is 3.20. The minimum Gasteiger partial charge on any atom is -0.399 e. The number of carbonyl (C=O) groups is 1. The van der Waals surface area contributed by atoms with Gasteiger partial charge in [0.1, 0.15) is 0 Å². The fourth-order valence-corrected chi connectivity index (χ4v) is 1.03. The van der Waals surface area contributed by atoms with Crippen molar-refractivity contribution in [3.8, 4) is 0 Å². The van der Waals surface area contributed by atoms with E-state index >= 15 is 0 Å². The first kappa shape index (κ1) is 10.3. The normalized spacial score (nSPS) is 10.4. The fourth-order valence-electron chi connectivity index (χ4n) is 1.03. The molecule has 1 rings (SSSR count). The Morgan fingerprint density at radius 3 is 2.64 bits per heavy atom. The molecule has 1 amide bonds. The summed E-state index contributed by atoms with van der Waals surface area (Å²) in [5.41, 5.74) is 7.30. The average Bonchev–Trinajstić information content (AvgIpc) is 2.17. The predicted molar refractivity (Wildman–Crippen MR) is 57.5 cm³/mol. The van der Waals surface area contributed by atoms with E-state index in [-0.39, 0.29) is 5.91 Å². The molecule has 0 saturated heterocycles. The van der Waals surface area contributed by atoms with Crippen LogP contribution in [0.25, 0.3) is 0 Å². The molecule has 3 nitrogen and oxygen atoms in total. The molecule has 0 aliphatic rings. The van der Waals surface area contributed by atoms with Crippen molar-refractivity contribution in [2.24, 2.45) is 0 Å². The number of hydrogen-bond donors (Lipinski definition) is 2. The van der Waals surface area contributed by atoms with Crippen LogP contribution in [0.3, 0.4) is 0 Å². The van der Waals surface area contributed by atoms with Crippen molar-refractivity contribution in [3.63, 3.8) is 0 Å². The molecule has 74 valence electrons. The monoisotopic (exact) mass is 190 g/mol. The van der Waals surface area contributed by atoms with Crippen LogP contribution < -0.4 is 11.1 Å². The minimum atomic E-state index is -0.0793. The standard InChI is InChI=1S/C11H14N2O/c1-2-3-11(14)13-8-9-4-6-10(12)7-5-9/h2-7H,8,12H2,1H3,(H,13,14)/b3-2+. The van der Waals surface area contributed by atoms with E-state index in [0.717, 1.165) is 11.3 Å². The number of rotatable bonds is 3. The van der Waals surface area contributed by atoms with Gasteiger partial charge < -0.3 is 11.1 Å². The van der Waals surface area contributed by atoms with Crippen LogP contribution in [-0.4, -0.2) is 5.91 Å². The van der Waals surface area contributed by atoms with Crippen LogP contribution in [0.5, 0.6) is 0 Å². The smallest absolute Gasteiger partial charge is 0.243 e. The molecule has 0 saturated carbocycles. The summed E-state index contributed by atoms with van der Waals surface area (Å²) in [5.74, 6) is -0.0793. The van der Waals surface area contributed by atoms with Gasteiger partial charge in [0.05, 0.1) is 0 Å². The Hall–Kier alpha value is -1.77. The zero-order chi connectivity index (χ0) is 10.4. The minimum absolute atomic E-state index is 0.0793. The van der Waals surface area contributed by atoms with Crippen molar-refractivity contribution < 1.29 is 4.79 Å². The number of benzene rings is 1. The number of nitrogens with one attached hydrogen (secondary N) is 1. The van der Waals surface area contributed by atoms with Gasteiger partial charge >= 0.3 is 0 Å². The van der Waals surface area contributed by atoms with Gasteiger partial charge in [-0.25, -0.2) is 0 Å². The van der Waals surface area contributed by atoms with Crippen molar-refractivity contribution >= 4 is 11.6 Å². The molecule has 0 aliphatic heterocycles. The maximum atomic E-state index is 11.1. The van der Waals surface area contributed by atoms with Gasteiger partial charge in [-0.05, 0) is 30.7 Å². The third-order valence-electron chi connectivity index (χ3n) is 1.76. The van der Waals surface area contributed by atoms with Crippen LogP contribution in [0.15, 0.2) is 36.4 Å². The Labute approximate surface area is 83.6 Å². The fraction of sp³-hybridized carbons (Fsp3) is 0.182. The molecule has 14 heavy (non-hydrogen) atoms. The molecule has 1 aromatic rings. The van der Waals surface area contributed by atoms with Crippen LogP contribution in [0, 0.1) is 0 Å². The number of nitrogens with two attached hydrogens (primary N) is 1. The highest BCUT2D eigenvalue weighted by Crippen LogP contribution is 2.04. The largest absolute Gasteiger partial charge is 0.399 e. The number of carbonyl (C=O) groups excluding carboxylic acids is 1. The molecule has 0 aromatic heterocycles. The molecule has 0 aliphatic carbocycles. The number of nitrogen functional groups attached to an aromatic ring is 1. The van der Waals surface area contributed by atoms with E-state index < -0.39 is 0 Å². The van der Waals surface area contributed by atoms with Crippen LogP contribution in [-0.2, 0) is 11.3 Å². The molecule has 0 fully saturated rings. The first-order valence-electron chi connectivity index (χ1n) is 4.47. The van der Waals surface area contributed by atoms with Gasteiger partial charge in [0.15, 0.2) is 0 Å². The molecule has 0 bridgehead atoms. The summed E-state index contributed by atoms with van der Waals surface area (Å²) in [4.78, 5) is 11.1. The quantitative estimate of drug-likeness (QED) is 0.560. The Balaban J connectivity index is 2.46. The van der Waals surface area contributed by atoms with Gasteiger partial charge in [0.25, 0.3) is 0 Å². The molecule has 0 atom stereocenters. The average molecular weight is 190 g/mol. The first-order valence-corrected chi connectivity index (χ1v) is 4.47. The van der Waals surface area contributed by atoms with Gasteiger partial charge in [-0.2, -0.15) is 0 Å². The lowest BCUT2D eigenvalue weighted by molar-refractivity contribution is -0.116. The Morgan fingerprint density at radius 1 is 1.43 bits per heavy atom. The molecule has 0 spiro atoms. The van der Waals surface area contributed by atoms with Gasteiger partial charge in [0.2, 0.25) is 5.91 Å². The van der Waals surface area contributed by atoms with Gasteiger partial charge in [-0.3, -0.25) is 4.79 Å². The van der Waals surface area contributed by atoms with Crippen molar-refractivity contribution in [2.75, 3.05) is 5.73 Å². The Bertz CT molecular complexity index is 328. The van der Waals surface area contributed by atoms with Crippen LogP contribution >= 0.6 is 0 Å². The molecule has 1 aromatic carbocycles. The highest BCUT2D eigenvalue weighted by molar-refractivity contribution is 5.87. The lowest BCUT2D eigenvalue weighted by atomic mass is 10.2. The molecule has 3 N–H and O–H groups in total. The maximum Gasteiger partial charge on any atom is 0.243 e. The molecular formula is C11H14N2O. The summed E-state index contributed by atoms with van der Waals surface area (Å²) < 4.78 is 0. The third-order valence-corrected chi connectivity index (χ3v) is 1.76. The zero-order valence-electron chi connectivity index (χ0n) is 8.16. The summed E-state index contributed by atoms with van der Waals surface area (Å²) >= 11 is 0. The lowest BCUT2D eigenvalue weighted by Crippen LogP contribution is -2.20. The highest BCUT2D eigenvalue weighted by atomic mass is 16.1. The molecular weight excluding hydrogens is 176 g/mol. The van der Waals surface area contributed by atoms with Crippen molar-refractivity contribution in [2.45, 2.75) is 13.5 Å². The van der Waals surface area contributed by atoms with Gasteiger partial charge in [-0.1, -0.05) is 18.2 Å². The predicted octanol–water partition coefficient (Wildman–Crippen LogP) is 1.46. The maximum absolute atomic E-state index is 11.1.